The maximum atomic E-state index is 13.4. The van der Waals surface area contributed by atoms with Crippen molar-refractivity contribution in [2.45, 2.75) is 5.72 Å². The molecule has 1 N–H and O–H groups in total. The number of hydrogen-bond acceptors (Lipinski definition) is 3. The van der Waals surface area contributed by atoms with Gasteiger partial charge in [0, 0.05) is 47.7 Å². The molecule has 9 nitrogen and oxygen atoms in total. The van der Waals surface area contributed by atoms with E-state index in [0.717, 1.165) is 0 Å². The van der Waals surface area contributed by atoms with E-state index in [1.807, 2.05) is 0 Å². The van der Waals surface area contributed by atoms with Crippen LogP contribution >= 0.6 is 69.6 Å². The molecule has 0 spiro atoms. The Morgan fingerprint density at radius 3 is 1.53 bits per heavy atom. The number of halogens is 6. The Balaban J connectivity index is 0.000000179. The van der Waals surface area contributed by atoms with Crippen LogP contribution in [-0.2, 0) is 5.72 Å². The van der Waals surface area contributed by atoms with Crippen LogP contribution in [0.5, 0.6) is 0 Å². The Labute approximate surface area is 368 Å². The zero-order valence-electron chi connectivity index (χ0n) is 30.2. The third-order valence-electron chi connectivity index (χ3n) is 9.25. The first kappa shape index (κ1) is 41.4. The molecule has 1 atom stereocenters. The Morgan fingerprint density at radius 1 is 0.542 bits per heavy atom. The molecule has 59 heavy (non-hydrogen) atoms. The van der Waals surface area contributed by atoms with Gasteiger partial charge in [-0.05, 0) is 145 Å². The highest BCUT2D eigenvalue weighted by Crippen LogP contribution is 2.42. The summed E-state index contributed by atoms with van der Waals surface area (Å²) in [6, 6.07) is 36.4. The number of carbonyl (C=O) groups excluding carboxylic acids is 1. The highest BCUT2D eigenvalue weighted by atomic mass is 35.5. The quantitative estimate of drug-likeness (QED) is 0.169. The first-order chi connectivity index (χ1) is 28.3. The number of nitrogens with zero attached hydrogens (tertiary/aromatic N) is 6. The van der Waals surface area contributed by atoms with E-state index in [-0.39, 0.29) is 17.9 Å². The second-order valence-electron chi connectivity index (χ2n) is 13.0. The summed E-state index contributed by atoms with van der Waals surface area (Å²) in [5.41, 5.74) is 2.54. The molecule has 1 unspecified atom stereocenters. The van der Waals surface area contributed by atoms with Crippen LogP contribution in [-0.4, -0.2) is 26.8 Å². The van der Waals surface area contributed by atoms with E-state index in [4.69, 9.17) is 82.7 Å². The first-order valence-corrected chi connectivity index (χ1v) is 19.6. The van der Waals surface area contributed by atoms with Gasteiger partial charge in [0.2, 0.25) is 0 Å². The number of hydrogen-bond donors (Lipinski definition) is 1. The summed E-state index contributed by atoms with van der Waals surface area (Å²) in [5, 5.41) is 14.7. The van der Waals surface area contributed by atoms with E-state index in [9.17, 15) is 14.7 Å². The number of aliphatic hydroxyl groups is 1. The standard InChI is InChI=1S/C22H14Cl3N3O2.C22H12Cl3N3O/c1-26-18-11-14(10-17(25)12-18)22(30)13-27(19-6-2-15(23)3-7-19)21(29)28(22)20-8-4-16(24)5-9-20;1-26-18-11-14(10-17(25)12-18)21-13-27(19-6-2-15(23)3-7-19)22(29)28(21)20-8-4-16(24)5-9-20/h2-12,30H,13H2;2-13H. The smallest absolute Gasteiger partial charge is 0.337 e. The number of rotatable bonds is 6. The lowest BCUT2D eigenvalue weighted by atomic mass is 10.0. The Morgan fingerprint density at radius 2 is 1.00 bits per heavy atom. The lowest BCUT2D eigenvalue weighted by molar-refractivity contribution is 0.0656. The molecule has 1 aliphatic rings. The van der Waals surface area contributed by atoms with Crippen molar-refractivity contribution in [3.8, 4) is 22.6 Å². The molecule has 0 saturated carbocycles. The predicted octanol–water partition coefficient (Wildman–Crippen LogP) is 13.3. The lowest BCUT2D eigenvalue weighted by Gasteiger charge is -2.32. The van der Waals surface area contributed by atoms with E-state index < -0.39 is 11.8 Å². The molecular weight excluding hydrogens is 873 g/mol. The summed E-state index contributed by atoms with van der Waals surface area (Å²) >= 11 is 36.4. The molecule has 292 valence electrons. The summed E-state index contributed by atoms with van der Waals surface area (Å²) in [5.74, 6) is 0. The van der Waals surface area contributed by atoms with Crippen LogP contribution in [0.4, 0.5) is 27.5 Å². The number of aromatic nitrogens is 2. The van der Waals surface area contributed by atoms with Gasteiger partial charge in [0.05, 0.1) is 36.8 Å². The fourth-order valence-electron chi connectivity index (χ4n) is 6.53. The van der Waals surface area contributed by atoms with E-state index >= 15 is 0 Å². The first-order valence-electron chi connectivity index (χ1n) is 17.4. The van der Waals surface area contributed by atoms with Crippen LogP contribution in [0.15, 0.2) is 144 Å². The molecule has 0 radical (unpaired) electrons. The van der Waals surface area contributed by atoms with Crippen LogP contribution in [0, 0.1) is 13.1 Å². The fourth-order valence-corrected chi connectivity index (χ4v) is 7.49. The number of amides is 2. The summed E-state index contributed by atoms with van der Waals surface area (Å²) in [6.45, 7) is 14.5. The van der Waals surface area contributed by atoms with Crippen molar-refractivity contribution in [2.75, 3.05) is 16.3 Å². The molecule has 1 aliphatic heterocycles. The fraction of sp³-hybridized carbons (Fsp3) is 0.0455. The van der Waals surface area contributed by atoms with E-state index in [1.54, 1.807) is 132 Å². The van der Waals surface area contributed by atoms with Crippen molar-refractivity contribution < 1.29 is 9.90 Å². The maximum absolute atomic E-state index is 13.4. The highest BCUT2D eigenvalue weighted by molar-refractivity contribution is 6.32. The van der Waals surface area contributed by atoms with Crippen molar-refractivity contribution in [1.82, 2.24) is 9.13 Å². The summed E-state index contributed by atoms with van der Waals surface area (Å²) in [7, 11) is 0. The number of anilines is 2. The Kier molecular flexibility index (Phi) is 12.1. The third kappa shape index (κ3) is 8.70. The van der Waals surface area contributed by atoms with Crippen LogP contribution < -0.4 is 15.5 Å². The Bertz CT molecular complexity index is 2850. The average Bonchev–Trinajstić information content (AvgIpc) is 3.72. The number of carbonyl (C=O) groups is 1. The van der Waals surface area contributed by atoms with E-state index in [1.165, 1.54) is 26.5 Å². The molecule has 2 amide bonds. The molecule has 8 rings (SSSR count). The maximum Gasteiger partial charge on any atom is 0.337 e. The van der Waals surface area contributed by atoms with E-state index in [2.05, 4.69) is 9.69 Å². The van der Waals surface area contributed by atoms with Gasteiger partial charge in [0.25, 0.3) is 0 Å². The minimum atomic E-state index is -1.77. The zero-order valence-corrected chi connectivity index (χ0v) is 34.7. The second kappa shape index (κ2) is 17.2. The molecule has 0 aliphatic carbocycles. The van der Waals surface area contributed by atoms with Crippen molar-refractivity contribution in [1.29, 1.82) is 0 Å². The van der Waals surface area contributed by atoms with Crippen LogP contribution in [0.1, 0.15) is 5.56 Å². The molecule has 1 fully saturated rings. The van der Waals surface area contributed by atoms with Crippen LogP contribution in [0.25, 0.3) is 32.3 Å². The number of β-amino-alcohol motifs (C(OH)–C–C–N with tert-alkyl or cyclic N) is 1. The third-order valence-corrected chi connectivity index (χ3v) is 10.7. The van der Waals surface area contributed by atoms with Gasteiger partial charge in [-0.1, -0.05) is 69.6 Å². The van der Waals surface area contributed by atoms with Gasteiger partial charge in [0.15, 0.2) is 17.1 Å². The van der Waals surface area contributed by atoms with Crippen molar-refractivity contribution in [2.24, 2.45) is 0 Å². The van der Waals surface area contributed by atoms with Crippen molar-refractivity contribution in [3.05, 3.63) is 209 Å². The number of urea groups is 1. The number of imidazole rings is 1. The van der Waals surface area contributed by atoms with Gasteiger partial charge in [-0.2, -0.15) is 0 Å². The molecule has 7 aromatic rings. The topological polar surface area (TPSA) is 79.4 Å². The highest BCUT2D eigenvalue weighted by Gasteiger charge is 2.51. The van der Waals surface area contributed by atoms with Gasteiger partial charge in [-0.3, -0.25) is 18.9 Å². The van der Waals surface area contributed by atoms with Gasteiger partial charge in [-0.15, -0.1) is 0 Å². The average molecular weight is 899 g/mol. The summed E-state index contributed by atoms with van der Waals surface area (Å²) in [6.07, 6.45) is 1.72. The minimum Gasteiger partial charge on any atom is -0.365 e. The van der Waals surface area contributed by atoms with E-state index in [0.29, 0.717) is 75.4 Å². The van der Waals surface area contributed by atoms with Crippen molar-refractivity contribution in [3.63, 3.8) is 0 Å². The zero-order chi connectivity index (χ0) is 42.0. The number of benzene rings is 6. The van der Waals surface area contributed by atoms with Gasteiger partial charge < -0.3 is 5.11 Å². The summed E-state index contributed by atoms with van der Waals surface area (Å²) in [4.78, 5) is 36.4. The molecule has 1 aromatic heterocycles. The molecule has 0 bridgehead atoms. The normalized spacial score (nSPS) is 14.7. The predicted molar refractivity (Wildman–Crippen MR) is 238 cm³/mol. The van der Waals surface area contributed by atoms with Gasteiger partial charge in [-0.25, -0.2) is 19.3 Å². The molecule has 1 saturated heterocycles. The van der Waals surface area contributed by atoms with Gasteiger partial charge in [0.1, 0.15) is 0 Å². The molecular formula is C44H26Cl6N6O3. The van der Waals surface area contributed by atoms with Crippen LogP contribution in [0.3, 0.4) is 0 Å². The molecule has 2 heterocycles. The SMILES string of the molecule is [C-]#[N+]c1cc(Cl)cc(-c2cn(-c3ccc(Cl)cc3)c(=O)n2-c2ccc(Cl)cc2)c1.[C-]#[N+]c1cc(Cl)cc(C2(O)CN(c3ccc(Cl)cc3)C(=O)N2c2ccc(Cl)cc2)c1. The van der Waals surface area contributed by atoms with Crippen LogP contribution in [0.2, 0.25) is 30.1 Å². The van der Waals surface area contributed by atoms with Gasteiger partial charge >= 0.3 is 11.7 Å². The second-order valence-corrected chi connectivity index (χ2v) is 15.7. The largest absolute Gasteiger partial charge is 0.365 e. The monoisotopic (exact) mass is 896 g/mol. The minimum absolute atomic E-state index is 0.0755. The molecule has 15 heteroatoms. The Hall–Kier alpha value is -5.72. The lowest BCUT2D eigenvalue weighted by Crippen LogP contribution is -2.44. The van der Waals surface area contributed by atoms with Crippen molar-refractivity contribution >= 4 is 98.4 Å². The summed E-state index contributed by atoms with van der Waals surface area (Å²) < 4.78 is 3.09. The molecule has 6 aromatic carbocycles.